The van der Waals surface area contributed by atoms with Crippen LogP contribution in [0.25, 0.3) is 11.0 Å². The number of carbonyl (C=O) groups excluding carboxylic acids is 2. The number of allylic oxidation sites excluding steroid dienone is 2. The maximum absolute atomic E-state index is 12.6. The van der Waals surface area contributed by atoms with E-state index in [1.165, 1.54) is 12.2 Å². The zero-order chi connectivity index (χ0) is 17.4. The molecule has 1 aromatic heterocycles. The summed E-state index contributed by atoms with van der Waals surface area (Å²) in [4.78, 5) is 24.0. The smallest absolute Gasteiger partial charge is 0.252 e. The zero-order valence-corrected chi connectivity index (χ0v) is 13.2. The number of aromatic nitrogens is 2. The predicted molar refractivity (Wildman–Crippen MR) is 87.9 cm³/mol. The van der Waals surface area contributed by atoms with Crippen LogP contribution in [-0.2, 0) is 23.2 Å². The second-order valence-electron chi connectivity index (χ2n) is 5.80. The van der Waals surface area contributed by atoms with Crippen LogP contribution in [0.2, 0.25) is 0 Å². The summed E-state index contributed by atoms with van der Waals surface area (Å²) in [5, 5.41) is 17.9. The van der Waals surface area contributed by atoms with E-state index in [0.717, 1.165) is 11.0 Å². The van der Waals surface area contributed by atoms with Crippen molar-refractivity contribution in [2.75, 3.05) is 0 Å². The first-order chi connectivity index (χ1) is 11.4. The lowest BCUT2D eigenvalue weighted by atomic mass is 9.91. The number of hydrogen-bond acceptors (Lipinski definition) is 4. The number of primary amides is 1. The number of amides is 1. The van der Waals surface area contributed by atoms with Gasteiger partial charge in [0, 0.05) is 13.0 Å². The summed E-state index contributed by atoms with van der Waals surface area (Å²) in [7, 11) is 1.78. The molecule has 3 rings (SSSR count). The molecule has 0 radical (unpaired) electrons. The minimum absolute atomic E-state index is 0.0159. The number of nitrogens with one attached hydrogen (secondary N) is 1. The number of aliphatic hydroxyl groups excluding tert-OH is 1. The standard InChI is InChI=1S/C17H18N4O3/c1-20-12-4-2-3-5-13(12)21(17(20)19)9-15(23)10-6-7-14(22)11(8-10)16(18)24/h2-5,7-8,10,19,22H,6,9H2,1H3,(H2,18,24). The number of carbonyl (C=O) groups is 2. The summed E-state index contributed by atoms with van der Waals surface area (Å²) in [5.74, 6) is -1.65. The lowest BCUT2D eigenvalue weighted by Gasteiger charge is -2.17. The van der Waals surface area contributed by atoms with Crippen molar-refractivity contribution < 1.29 is 14.7 Å². The summed E-state index contributed by atoms with van der Waals surface area (Å²) in [6.45, 7) is 0.0159. The van der Waals surface area contributed by atoms with Gasteiger partial charge in [0.1, 0.15) is 5.76 Å². The highest BCUT2D eigenvalue weighted by molar-refractivity contribution is 5.97. The van der Waals surface area contributed by atoms with Crippen LogP contribution in [0.15, 0.2) is 47.7 Å². The molecule has 1 aliphatic carbocycles. The largest absolute Gasteiger partial charge is 0.507 e. The van der Waals surface area contributed by atoms with Crippen LogP contribution in [-0.4, -0.2) is 25.9 Å². The first-order valence-corrected chi connectivity index (χ1v) is 7.53. The molecule has 7 heteroatoms. The molecule has 0 saturated heterocycles. The van der Waals surface area contributed by atoms with Crippen molar-refractivity contribution in [3.05, 3.63) is 53.4 Å². The van der Waals surface area contributed by atoms with Gasteiger partial charge in [0.2, 0.25) is 5.62 Å². The van der Waals surface area contributed by atoms with Crippen molar-refractivity contribution in [1.82, 2.24) is 9.13 Å². The van der Waals surface area contributed by atoms with Crippen LogP contribution in [0.5, 0.6) is 0 Å². The molecule has 24 heavy (non-hydrogen) atoms. The van der Waals surface area contributed by atoms with Crippen LogP contribution in [0.4, 0.5) is 0 Å². The fraction of sp³-hybridized carbons (Fsp3) is 0.235. The number of rotatable bonds is 4. The Hall–Kier alpha value is -3.09. The molecule has 1 heterocycles. The van der Waals surface area contributed by atoms with Crippen molar-refractivity contribution in [1.29, 1.82) is 5.41 Å². The number of hydrogen-bond donors (Lipinski definition) is 3. The molecule has 0 spiro atoms. The first kappa shape index (κ1) is 15.8. The number of Topliss-reactive ketones (excluding diaryl/α,β-unsaturated/α-hetero) is 1. The van der Waals surface area contributed by atoms with Gasteiger partial charge in [-0.15, -0.1) is 0 Å². The summed E-state index contributed by atoms with van der Waals surface area (Å²) in [5.41, 5.74) is 7.07. The molecular formula is C17H18N4O3. The fourth-order valence-corrected chi connectivity index (χ4v) is 2.95. The van der Waals surface area contributed by atoms with Crippen molar-refractivity contribution in [2.24, 2.45) is 18.7 Å². The topological polar surface area (TPSA) is 114 Å². The molecule has 1 aliphatic rings. The third kappa shape index (κ3) is 2.54. The summed E-state index contributed by atoms with van der Waals surface area (Å²) in [6, 6.07) is 7.48. The van der Waals surface area contributed by atoms with E-state index in [0.29, 0.717) is 6.42 Å². The number of imidazole rings is 1. The lowest BCUT2D eigenvalue weighted by Crippen LogP contribution is -2.29. The van der Waals surface area contributed by atoms with Crippen LogP contribution in [0, 0.1) is 11.3 Å². The average molecular weight is 326 g/mol. The predicted octanol–water partition coefficient (Wildman–Crippen LogP) is 0.902. The monoisotopic (exact) mass is 326 g/mol. The maximum Gasteiger partial charge on any atom is 0.252 e. The molecule has 124 valence electrons. The first-order valence-electron chi connectivity index (χ1n) is 7.53. The van der Waals surface area contributed by atoms with Crippen LogP contribution in [0.3, 0.4) is 0 Å². The van der Waals surface area contributed by atoms with Gasteiger partial charge in [0.05, 0.1) is 23.2 Å². The average Bonchev–Trinajstić information content (AvgIpc) is 2.80. The third-order valence-corrected chi connectivity index (χ3v) is 4.31. The highest BCUT2D eigenvalue weighted by Crippen LogP contribution is 2.23. The molecule has 0 aliphatic heterocycles. The molecule has 1 aromatic carbocycles. The number of nitrogens with two attached hydrogens (primary N) is 1. The number of benzene rings is 1. The molecule has 0 bridgehead atoms. The van der Waals surface area contributed by atoms with E-state index in [-0.39, 0.29) is 29.3 Å². The second kappa shape index (κ2) is 5.84. The quantitative estimate of drug-likeness (QED) is 0.775. The van der Waals surface area contributed by atoms with Crippen molar-refractivity contribution in [3.8, 4) is 0 Å². The lowest BCUT2D eigenvalue weighted by molar-refractivity contribution is -0.122. The Morgan fingerprint density at radius 1 is 1.33 bits per heavy atom. The van der Waals surface area contributed by atoms with Gasteiger partial charge in [0.25, 0.3) is 5.91 Å². The number of aliphatic hydroxyl groups is 1. The Kier molecular flexibility index (Phi) is 3.84. The molecule has 2 aromatic rings. The summed E-state index contributed by atoms with van der Waals surface area (Å²) >= 11 is 0. The van der Waals surface area contributed by atoms with E-state index in [2.05, 4.69) is 0 Å². The number of para-hydroxylation sites is 2. The van der Waals surface area contributed by atoms with E-state index in [4.69, 9.17) is 11.1 Å². The fourth-order valence-electron chi connectivity index (χ4n) is 2.95. The van der Waals surface area contributed by atoms with Gasteiger partial charge in [-0.25, -0.2) is 0 Å². The van der Waals surface area contributed by atoms with E-state index in [1.807, 2.05) is 24.3 Å². The summed E-state index contributed by atoms with van der Waals surface area (Å²) in [6.07, 6.45) is 3.15. The third-order valence-electron chi connectivity index (χ3n) is 4.31. The number of fused-ring (bicyclic) bond motifs is 1. The van der Waals surface area contributed by atoms with Crippen LogP contribution < -0.4 is 11.4 Å². The Morgan fingerprint density at radius 2 is 2.00 bits per heavy atom. The molecule has 0 fully saturated rings. The maximum atomic E-state index is 12.6. The Morgan fingerprint density at radius 3 is 2.67 bits per heavy atom. The van der Waals surface area contributed by atoms with E-state index >= 15 is 0 Å². The van der Waals surface area contributed by atoms with Gasteiger partial charge in [-0.2, -0.15) is 0 Å². The van der Waals surface area contributed by atoms with E-state index in [1.54, 1.807) is 16.2 Å². The van der Waals surface area contributed by atoms with Crippen LogP contribution >= 0.6 is 0 Å². The molecule has 0 saturated carbocycles. The Labute approximate surface area is 137 Å². The minimum atomic E-state index is -0.764. The Balaban J connectivity index is 1.93. The van der Waals surface area contributed by atoms with E-state index in [9.17, 15) is 14.7 Å². The van der Waals surface area contributed by atoms with Crippen molar-refractivity contribution >= 4 is 22.7 Å². The minimum Gasteiger partial charge on any atom is -0.507 e. The van der Waals surface area contributed by atoms with Gasteiger partial charge < -0.3 is 20.0 Å². The summed E-state index contributed by atoms with van der Waals surface area (Å²) < 4.78 is 3.34. The van der Waals surface area contributed by atoms with Crippen molar-refractivity contribution in [3.63, 3.8) is 0 Å². The van der Waals surface area contributed by atoms with Crippen molar-refractivity contribution in [2.45, 2.75) is 13.0 Å². The molecule has 7 nitrogen and oxygen atoms in total. The van der Waals surface area contributed by atoms with Gasteiger partial charge in [-0.1, -0.05) is 18.2 Å². The number of aryl methyl sites for hydroxylation is 1. The zero-order valence-electron chi connectivity index (χ0n) is 13.2. The van der Waals surface area contributed by atoms with E-state index < -0.39 is 11.8 Å². The SMILES string of the molecule is Cn1c(=N)n(CC(=O)C2C=C(C(N)=O)C(O)=CC2)c2ccccc21. The molecule has 1 amide bonds. The van der Waals surface area contributed by atoms with Gasteiger partial charge in [-0.05, 0) is 24.6 Å². The van der Waals surface area contributed by atoms with Gasteiger partial charge >= 0.3 is 0 Å². The highest BCUT2D eigenvalue weighted by Gasteiger charge is 2.24. The molecule has 1 unspecified atom stereocenters. The molecule has 4 N–H and O–H groups in total. The number of ketones is 1. The second-order valence-corrected chi connectivity index (χ2v) is 5.80. The highest BCUT2D eigenvalue weighted by atomic mass is 16.3. The molecule has 1 atom stereocenters. The normalized spacial score (nSPS) is 17.5. The van der Waals surface area contributed by atoms with Gasteiger partial charge in [-0.3, -0.25) is 15.0 Å². The number of nitrogens with zero attached hydrogens (tertiary/aromatic N) is 2. The van der Waals surface area contributed by atoms with Gasteiger partial charge in [0.15, 0.2) is 5.78 Å². The van der Waals surface area contributed by atoms with Crippen LogP contribution in [0.1, 0.15) is 6.42 Å². The Bertz CT molecular complexity index is 962. The molecular weight excluding hydrogens is 308 g/mol.